The van der Waals surface area contributed by atoms with Gasteiger partial charge >= 0.3 is 0 Å². The Bertz CT molecular complexity index is 946. The van der Waals surface area contributed by atoms with Gasteiger partial charge in [0.2, 0.25) is 12.7 Å². The molecule has 0 saturated carbocycles. The maximum Gasteiger partial charge on any atom is 0.235 e. The number of rotatable bonds is 3. The van der Waals surface area contributed by atoms with E-state index in [0.717, 1.165) is 14.8 Å². The Morgan fingerprint density at radius 1 is 1.22 bits per heavy atom. The smallest absolute Gasteiger partial charge is 0.235 e. The van der Waals surface area contributed by atoms with Crippen LogP contribution in [0.2, 0.25) is 0 Å². The Kier molecular flexibility index (Phi) is 5.00. The average Bonchev–Trinajstić information content (AvgIpc) is 3.10. The summed E-state index contributed by atoms with van der Waals surface area (Å²) in [5.41, 5.74) is 2.30. The van der Waals surface area contributed by atoms with Crippen molar-refractivity contribution in [1.29, 1.82) is 0 Å². The van der Waals surface area contributed by atoms with Crippen LogP contribution in [0.15, 0.2) is 47.5 Å². The van der Waals surface area contributed by atoms with Crippen molar-refractivity contribution < 1.29 is 14.3 Å². The minimum atomic E-state index is -0.503. The maximum absolute atomic E-state index is 13.1. The predicted octanol–water partition coefficient (Wildman–Crippen LogP) is 3.66. The summed E-state index contributed by atoms with van der Waals surface area (Å²) in [7, 11) is 0. The highest BCUT2D eigenvalue weighted by Crippen LogP contribution is 2.37. The Hall–Kier alpha value is -2.20. The third kappa shape index (κ3) is 3.77. The lowest BCUT2D eigenvalue weighted by molar-refractivity contribution is -0.118. The van der Waals surface area contributed by atoms with Gasteiger partial charge in [-0.2, -0.15) is 0 Å². The van der Waals surface area contributed by atoms with Gasteiger partial charge in [-0.25, -0.2) is 4.99 Å². The number of fused-ring (bicyclic) bond motifs is 1. The normalized spacial score (nSPS) is 20.7. The highest BCUT2D eigenvalue weighted by atomic mass is 127. The Balaban J connectivity index is 1.64. The summed E-state index contributed by atoms with van der Waals surface area (Å²) in [6.07, 6.45) is 0. The SMILES string of the molecule is CC1=NC(=S)NC(c2ccc3c(c2)OCO3)C1C(=O)Nc1ccc(I)cc1. The number of thiocarbonyl (C=S) groups is 1. The van der Waals surface area contributed by atoms with Gasteiger partial charge < -0.3 is 20.1 Å². The first-order valence-electron chi connectivity index (χ1n) is 8.33. The third-order valence-electron chi connectivity index (χ3n) is 4.49. The molecule has 2 aromatic rings. The van der Waals surface area contributed by atoms with Crippen LogP contribution in [0.5, 0.6) is 11.5 Å². The van der Waals surface area contributed by atoms with Crippen molar-refractivity contribution in [3.63, 3.8) is 0 Å². The molecular weight excluding hydrogens is 477 g/mol. The first kappa shape index (κ1) is 18.2. The van der Waals surface area contributed by atoms with Crippen molar-refractivity contribution in [2.45, 2.75) is 13.0 Å². The Morgan fingerprint density at radius 2 is 1.96 bits per heavy atom. The molecule has 0 aliphatic carbocycles. The van der Waals surface area contributed by atoms with Crippen LogP contribution < -0.4 is 20.1 Å². The zero-order chi connectivity index (χ0) is 19.0. The van der Waals surface area contributed by atoms with Crippen LogP contribution in [0, 0.1) is 9.49 Å². The van der Waals surface area contributed by atoms with Crippen LogP contribution in [-0.2, 0) is 4.79 Å². The van der Waals surface area contributed by atoms with Gasteiger partial charge in [-0.15, -0.1) is 0 Å². The molecule has 2 unspecified atom stereocenters. The Labute approximate surface area is 175 Å². The van der Waals surface area contributed by atoms with Crippen molar-refractivity contribution in [2.75, 3.05) is 12.1 Å². The number of anilines is 1. The third-order valence-corrected chi connectivity index (χ3v) is 5.42. The standard InChI is InChI=1S/C19H16IN3O3S/c1-10-16(18(24)22-13-5-3-12(20)4-6-13)17(23-19(27)21-10)11-2-7-14-15(8-11)26-9-25-14/h2-8,16-17H,9H2,1H3,(H,22,24)(H,23,27). The molecule has 2 heterocycles. The molecule has 2 aliphatic rings. The van der Waals surface area contributed by atoms with E-state index in [2.05, 4.69) is 38.2 Å². The minimum Gasteiger partial charge on any atom is -0.454 e. The molecule has 0 bridgehead atoms. The summed E-state index contributed by atoms with van der Waals surface area (Å²) < 4.78 is 11.9. The number of hydrogen-bond acceptors (Lipinski definition) is 4. The van der Waals surface area contributed by atoms with Crippen molar-refractivity contribution >= 4 is 57.2 Å². The summed E-state index contributed by atoms with van der Waals surface area (Å²) in [4.78, 5) is 17.4. The summed E-state index contributed by atoms with van der Waals surface area (Å²) in [6.45, 7) is 2.03. The lowest BCUT2D eigenvalue weighted by Crippen LogP contribution is -2.45. The Morgan fingerprint density at radius 3 is 2.74 bits per heavy atom. The van der Waals surface area contributed by atoms with Crippen LogP contribution >= 0.6 is 34.8 Å². The molecule has 27 heavy (non-hydrogen) atoms. The number of carbonyl (C=O) groups is 1. The van der Waals surface area contributed by atoms with E-state index in [-0.39, 0.29) is 18.7 Å². The molecule has 0 spiro atoms. The van der Waals surface area contributed by atoms with Crippen LogP contribution in [0.3, 0.4) is 0 Å². The monoisotopic (exact) mass is 493 g/mol. The van der Waals surface area contributed by atoms with E-state index in [4.69, 9.17) is 21.7 Å². The number of nitrogens with one attached hydrogen (secondary N) is 2. The zero-order valence-electron chi connectivity index (χ0n) is 14.4. The van der Waals surface area contributed by atoms with Crippen molar-refractivity contribution in [1.82, 2.24) is 5.32 Å². The number of amides is 1. The molecule has 0 saturated heterocycles. The second-order valence-corrected chi connectivity index (χ2v) is 7.90. The van der Waals surface area contributed by atoms with E-state index >= 15 is 0 Å². The van der Waals surface area contributed by atoms with Gasteiger partial charge in [-0.05, 0) is 83.7 Å². The molecule has 0 aromatic heterocycles. The molecule has 6 nitrogen and oxygen atoms in total. The number of nitrogens with zero attached hydrogens (tertiary/aromatic N) is 1. The average molecular weight is 493 g/mol. The van der Waals surface area contributed by atoms with Crippen LogP contribution in [0.25, 0.3) is 0 Å². The van der Waals surface area contributed by atoms with Gasteiger partial charge in [-0.3, -0.25) is 4.79 Å². The molecule has 8 heteroatoms. The van der Waals surface area contributed by atoms with Crippen LogP contribution in [-0.4, -0.2) is 23.5 Å². The lowest BCUT2D eigenvalue weighted by atomic mass is 9.87. The summed E-state index contributed by atoms with van der Waals surface area (Å²) in [5.74, 6) is 0.714. The minimum absolute atomic E-state index is 0.143. The number of carbonyl (C=O) groups excluding carboxylic acids is 1. The molecular formula is C19H16IN3O3S. The molecule has 2 aliphatic heterocycles. The molecule has 2 N–H and O–H groups in total. The van der Waals surface area contributed by atoms with Crippen molar-refractivity contribution in [2.24, 2.45) is 10.9 Å². The van der Waals surface area contributed by atoms with E-state index in [1.807, 2.05) is 49.4 Å². The highest BCUT2D eigenvalue weighted by Gasteiger charge is 2.36. The molecule has 138 valence electrons. The topological polar surface area (TPSA) is 72.0 Å². The lowest BCUT2D eigenvalue weighted by Gasteiger charge is -2.31. The quantitative estimate of drug-likeness (QED) is 0.505. The molecule has 0 fully saturated rings. The van der Waals surface area contributed by atoms with Gasteiger partial charge in [0.25, 0.3) is 0 Å². The predicted molar refractivity (Wildman–Crippen MR) is 115 cm³/mol. The highest BCUT2D eigenvalue weighted by molar-refractivity contribution is 14.1. The van der Waals surface area contributed by atoms with E-state index in [0.29, 0.717) is 22.3 Å². The maximum atomic E-state index is 13.1. The molecule has 1 amide bonds. The molecule has 0 radical (unpaired) electrons. The van der Waals surface area contributed by atoms with E-state index in [9.17, 15) is 4.79 Å². The van der Waals surface area contributed by atoms with Gasteiger partial charge in [-0.1, -0.05) is 6.07 Å². The number of ether oxygens (including phenoxy) is 2. The largest absolute Gasteiger partial charge is 0.454 e. The summed E-state index contributed by atoms with van der Waals surface area (Å²) in [6, 6.07) is 12.9. The fraction of sp³-hybridized carbons (Fsp3) is 0.211. The van der Waals surface area contributed by atoms with Crippen LogP contribution in [0.4, 0.5) is 5.69 Å². The van der Waals surface area contributed by atoms with Gasteiger partial charge in [0, 0.05) is 15.0 Å². The number of halogens is 1. The van der Waals surface area contributed by atoms with E-state index in [1.165, 1.54) is 0 Å². The van der Waals surface area contributed by atoms with Gasteiger partial charge in [0.1, 0.15) is 5.92 Å². The number of benzene rings is 2. The summed E-state index contributed by atoms with van der Waals surface area (Å²) >= 11 is 7.48. The molecule has 2 atom stereocenters. The second-order valence-electron chi connectivity index (χ2n) is 6.27. The molecule has 2 aromatic carbocycles. The molecule has 4 rings (SSSR count). The number of aliphatic imine (C=N–C) groups is 1. The second kappa shape index (κ2) is 7.43. The van der Waals surface area contributed by atoms with E-state index in [1.54, 1.807) is 0 Å². The summed E-state index contributed by atoms with van der Waals surface area (Å²) in [5, 5.41) is 6.51. The fourth-order valence-corrected chi connectivity index (χ4v) is 3.83. The zero-order valence-corrected chi connectivity index (χ0v) is 17.3. The van der Waals surface area contributed by atoms with Gasteiger partial charge in [0.15, 0.2) is 16.6 Å². The van der Waals surface area contributed by atoms with E-state index < -0.39 is 5.92 Å². The van der Waals surface area contributed by atoms with Crippen molar-refractivity contribution in [3.8, 4) is 11.5 Å². The number of hydrogen-bond donors (Lipinski definition) is 2. The fourth-order valence-electron chi connectivity index (χ4n) is 3.20. The van der Waals surface area contributed by atoms with Crippen molar-refractivity contribution in [3.05, 3.63) is 51.6 Å². The first-order chi connectivity index (χ1) is 13.0. The van der Waals surface area contributed by atoms with Gasteiger partial charge in [0.05, 0.1) is 6.04 Å². The van der Waals surface area contributed by atoms with Crippen LogP contribution in [0.1, 0.15) is 18.5 Å². The first-order valence-corrected chi connectivity index (χ1v) is 9.81.